The minimum Gasteiger partial charge on any atom is -0.489 e. The number of aliphatic carboxylic acids is 1. The monoisotopic (exact) mass is 470 g/mol. The number of carbonyl (C=O) groups is 1. The fourth-order valence-corrected chi connectivity index (χ4v) is 3.16. The zero-order chi connectivity index (χ0) is 21.5. The second-order valence-corrected chi connectivity index (χ2v) is 7.47. The lowest BCUT2D eigenvalue weighted by Gasteiger charge is -2.12. The molecule has 0 bridgehead atoms. The molecular formula is C24H20BrFO4. The van der Waals surface area contributed by atoms with E-state index in [-0.39, 0.29) is 5.82 Å². The molecule has 0 fully saturated rings. The molecule has 3 rings (SSSR count). The summed E-state index contributed by atoms with van der Waals surface area (Å²) in [4.78, 5) is 10.6. The Bertz CT molecular complexity index is 996. The van der Waals surface area contributed by atoms with E-state index in [9.17, 15) is 9.18 Å². The van der Waals surface area contributed by atoms with Gasteiger partial charge in [0.05, 0.1) is 0 Å². The van der Waals surface area contributed by atoms with Gasteiger partial charge >= 0.3 is 5.97 Å². The van der Waals surface area contributed by atoms with Crippen LogP contribution in [-0.4, -0.2) is 24.3 Å². The Hall–Kier alpha value is -3.12. The third-order valence-electron chi connectivity index (χ3n) is 4.35. The highest BCUT2D eigenvalue weighted by Crippen LogP contribution is 2.26. The molecule has 0 unspecified atom stereocenters. The number of aryl methyl sites for hydroxylation is 1. The van der Waals surface area contributed by atoms with E-state index >= 15 is 0 Å². The summed E-state index contributed by atoms with van der Waals surface area (Å²) in [5.74, 6) is -0.171. The van der Waals surface area contributed by atoms with Crippen molar-refractivity contribution in [2.45, 2.75) is 6.92 Å². The van der Waals surface area contributed by atoms with Crippen molar-refractivity contribution in [3.8, 4) is 11.5 Å². The topological polar surface area (TPSA) is 55.8 Å². The van der Waals surface area contributed by atoms with E-state index in [0.29, 0.717) is 18.1 Å². The molecule has 0 spiro atoms. The zero-order valence-electron chi connectivity index (χ0n) is 16.3. The predicted octanol–water partition coefficient (Wildman–Crippen LogP) is 5.87. The summed E-state index contributed by atoms with van der Waals surface area (Å²) in [6, 6.07) is 19.4. The highest BCUT2D eigenvalue weighted by atomic mass is 79.9. The van der Waals surface area contributed by atoms with Crippen LogP contribution in [0.25, 0.3) is 5.57 Å². The first-order valence-corrected chi connectivity index (χ1v) is 10.0. The van der Waals surface area contributed by atoms with Gasteiger partial charge in [0.2, 0.25) is 0 Å². The number of rotatable bonds is 8. The van der Waals surface area contributed by atoms with Gasteiger partial charge in [0.25, 0.3) is 0 Å². The molecule has 6 heteroatoms. The molecular weight excluding hydrogens is 451 g/mol. The average molecular weight is 471 g/mol. The van der Waals surface area contributed by atoms with E-state index in [1.54, 1.807) is 30.3 Å². The van der Waals surface area contributed by atoms with Crippen molar-refractivity contribution in [3.63, 3.8) is 0 Å². The van der Waals surface area contributed by atoms with Crippen LogP contribution in [0.15, 0.2) is 77.3 Å². The van der Waals surface area contributed by atoms with Crippen LogP contribution in [0.2, 0.25) is 0 Å². The van der Waals surface area contributed by atoms with Crippen LogP contribution >= 0.6 is 15.9 Å². The van der Waals surface area contributed by atoms with Crippen LogP contribution in [0.4, 0.5) is 4.39 Å². The van der Waals surface area contributed by atoms with Gasteiger partial charge in [0, 0.05) is 4.47 Å². The minimum atomic E-state index is -1.03. The van der Waals surface area contributed by atoms with Crippen molar-refractivity contribution >= 4 is 27.5 Å². The lowest BCUT2D eigenvalue weighted by Crippen LogP contribution is -2.10. The molecule has 30 heavy (non-hydrogen) atoms. The number of halogens is 2. The van der Waals surface area contributed by atoms with Gasteiger partial charge in [-0.1, -0.05) is 40.2 Å². The van der Waals surface area contributed by atoms with Crippen molar-refractivity contribution in [2.75, 3.05) is 13.2 Å². The molecule has 0 amide bonds. The standard InChI is InChI=1S/C24H20BrFO4/c1-16-14-21(10-11-23(16)30-15-24(27)28)29-13-12-22(17-2-6-19(25)7-3-17)18-4-8-20(26)9-5-18/h2-12,14H,13,15H2,1H3,(H,27,28). The van der Waals surface area contributed by atoms with Crippen molar-refractivity contribution in [1.29, 1.82) is 0 Å². The van der Waals surface area contributed by atoms with Crippen LogP contribution in [0.3, 0.4) is 0 Å². The number of carboxylic acid groups (broad SMARTS) is 1. The molecule has 0 radical (unpaired) electrons. The molecule has 1 N–H and O–H groups in total. The molecule has 0 saturated carbocycles. The van der Waals surface area contributed by atoms with Crippen LogP contribution < -0.4 is 9.47 Å². The molecule has 154 valence electrons. The second-order valence-electron chi connectivity index (χ2n) is 6.55. The lowest BCUT2D eigenvalue weighted by molar-refractivity contribution is -0.139. The second kappa shape index (κ2) is 10.1. The fraction of sp³-hybridized carbons (Fsp3) is 0.125. The van der Waals surface area contributed by atoms with Gasteiger partial charge in [-0.2, -0.15) is 0 Å². The first kappa shape index (κ1) is 21.6. The van der Waals surface area contributed by atoms with Gasteiger partial charge in [-0.3, -0.25) is 0 Å². The molecule has 0 aliphatic carbocycles. The number of ether oxygens (including phenoxy) is 2. The van der Waals surface area contributed by atoms with Crippen LogP contribution in [0.5, 0.6) is 11.5 Å². The van der Waals surface area contributed by atoms with Crippen molar-refractivity contribution < 1.29 is 23.8 Å². The molecule has 0 saturated heterocycles. The molecule has 0 heterocycles. The smallest absolute Gasteiger partial charge is 0.341 e. The zero-order valence-corrected chi connectivity index (χ0v) is 17.9. The Morgan fingerprint density at radius 3 is 2.23 bits per heavy atom. The normalized spacial score (nSPS) is 11.2. The first-order valence-electron chi connectivity index (χ1n) is 9.22. The molecule has 0 aromatic heterocycles. The Morgan fingerprint density at radius 2 is 1.63 bits per heavy atom. The Morgan fingerprint density at radius 1 is 1.00 bits per heavy atom. The van der Waals surface area contributed by atoms with E-state index in [1.807, 2.05) is 37.3 Å². The Kier molecular flexibility index (Phi) is 7.25. The molecule has 3 aromatic carbocycles. The number of hydrogen-bond acceptors (Lipinski definition) is 3. The summed E-state index contributed by atoms with van der Waals surface area (Å²) in [5.41, 5.74) is 3.59. The van der Waals surface area contributed by atoms with Gasteiger partial charge in [0.1, 0.15) is 23.9 Å². The number of carboxylic acids is 1. The fourth-order valence-electron chi connectivity index (χ4n) is 2.90. The van der Waals surface area contributed by atoms with Gasteiger partial charge in [0.15, 0.2) is 6.61 Å². The molecule has 4 nitrogen and oxygen atoms in total. The maximum absolute atomic E-state index is 13.4. The van der Waals surface area contributed by atoms with Crippen LogP contribution in [0.1, 0.15) is 16.7 Å². The quantitative estimate of drug-likeness (QED) is 0.447. The summed E-state index contributed by atoms with van der Waals surface area (Å²) in [7, 11) is 0. The van der Waals surface area contributed by atoms with Crippen LogP contribution in [0, 0.1) is 12.7 Å². The van der Waals surface area contributed by atoms with Crippen molar-refractivity contribution in [3.05, 3.63) is 99.8 Å². The minimum absolute atomic E-state index is 0.286. The van der Waals surface area contributed by atoms with E-state index in [1.165, 1.54) is 12.1 Å². The summed E-state index contributed by atoms with van der Waals surface area (Å²) >= 11 is 3.44. The summed E-state index contributed by atoms with van der Waals surface area (Å²) in [5, 5.41) is 8.73. The van der Waals surface area contributed by atoms with Gasteiger partial charge in [-0.05, 0) is 77.7 Å². The average Bonchev–Trinajstić information content (AvgIpc) is 2.72. The van der Waals surface area contributed by atoms with Gasteiger partial charge in [-0.25, -0.2) is 9.18 Å². The summed E-state index contributed by atoms with van der Waals surface area (Å²) < 4.78 is 25.4. The maximum Gasteiger partial charge on any atom is 0.341 e. The van der Waals surface area contributed by atoms with E-state index in [0.717, 1.165) is 26.7 Å². The van der Waals surface area contributed by atoms with E-state index < -0.39 is 12.6 Å². The molecule has 0 aliphatic heterocycles. The highest BCUT2D eigenvalue weighted by molar-refractivity contribution is 9.10. The third-order valence-corrected chi connectivity index (χ3v) is 4.87. The Balaban J connectivity index is 1.77. The number of hydrogen-bond donors (Lipinski definition) is 1. The van der Waals surface area contributed by atoms with Crippen molar-refractivity contribution in [2.24, 2.45) is 0 Å². The van der Waals surface area contributed by atoms with Crippen molar-refractivity contribution in [1.82, 2.24) is 0 Å². The third kappa shape index (κ3) is 5.94. The van der Waals surface area contributed by atoms with Gasteiger partial charge in [-0.15, -0.1) is 0 Å². The SMILES string of the molecule is Cc1cc(OCC=C(c2ccc(F)cc2)c2ccc(Br)cc2)ccc1OCC(=O)O. The number of benzene rings is 3. The molecule has 3 aromatic rings. The molecule has 0 atom stereocenters. The first-order chi connectivity index (χ1) is 14.4. The summed E-state index contributed by atoms with van der Waals surface area (Å²) in [6.07, 6.45) is 1.95. The van der Waals surface area contributed by atoms with Gasteiger partial charge < -0.3 is 14.6 Å². The maximum atomic E-state index is 13.4. The largest absolute Gasteiger partial charge is 0.489 e. The predicted molar refractivity (Wildman–Crippen MR) is 117 cm³/mol. The highest BCUT2D eigenvalue weighted by Gasteiger charge is 2.07. The van der Waals surface area contributed by atoms with E-state index in [2.05, 4.69) is 15.9 Å². The van der Waals surface area contributed by atoms with Crippen LogP contribution in [-0.2, 0) is 4.79 Å². The van der Waals surface area contributed by atoms with E-state index in [4.69, 9.17) is 14.6 Å². The summed E-state index contributed by atoms with van der Waals surface area (Å²) in [6.45, 7) is 1.74. The Labute approximate surface area is 182 Å². The molecule has 0 aliphatic rings. The lowest BCUT2D eigenvalue weighted by atomic mass is 9.98.